The molecule has 0 fully saturated rings. The Hall–Kier alpha value is -2.57. The summed E-state index contributed by atoms with van der Waals surface area (Å²) in [6.45, 7) is 3.78. The van der Waals surface area contributed by atoms with Crippen molar-refractivity contribution in [1.29, 1.82) is 0 Å². The van der Waals surface area contributed by atoms with Crippen molar-refractivity contribution in [3.05, 3.63) is 64.8 Å². The van der Waals surface area contributed by atoms with Crippen LogP contribution in [0.15, 0.2) is 58.8 Å². The van der Waals surface area contributed by atoms with E-state index in [1.54, 1.807) is 6.07 Å². The van der Waals surface area contributed by atoms with E-state index in [1.807, 2.05) is 56.3 Å². The van der Waals surface area contributed by atoms with Crippen LogP contribution in [0.3, 0.4) is 0 Å². The zero-order valence-corrected chi connectivity index (χ0v) is 15.3. The van der Waals surface area contributed by atoms with Gasteiger partial charge in [0.05, 0.1) is 10.7 Å². The van der Waals surface area contributed by atoms with Crippen LogP contribution >= 0.6 is 23.8 Å². The van der Waals surface area contributed by atoms with Crippen LogP contribution in [0, 0.1) is 13.8 Å². The number of azo groups is 1. The van der Waals surface area contributed by atoms with Crippen molar-refractivity contribution < 1.29 is 0 Å². The number of rotatable bonds is 3. The molecule has 0 saturated heterocycles. The third-order valence-corrected chi connectivity index (χ3v) is 4.20. The van der Waals surface area contributed by atoms with Gasteiger partial charge in [0.2, 0.25) is 0 Å². The summed E-state index contributed by atoms with van der Waals surface area (Å²) >= 11 is 11.4. The zero-order chi connectivity index (χ0) is 18.0. The van der Waals surface area contributed by atoms with Gasteiger partial charge in [-0.05, 0) is 37.7 Å². The summed E-state index contributed by atoms with van der Waals surface area (Å²) in [7, 11) is 0. The summed E-state index contributed by atoms with van der Waals surface area (Å²) in [6.07, 6.45) is 0. The van der Waals surface area contributed by atoms with Crippen molar-refractivity contribution in [2.75, 3.05) is 0 Å². The van der Waals surface area contributed by atoms with Gasteiger partial charge in [0, 0.05) is 5.56 Å². The van der Waals surface area contributed by atoms with Crippen LogP contribution < -0.4 is 5.73 Å². The van der Waals surface area contributed by atoms with Crippen molar-refractivity contribution >= 4 is 40.3 Å². The quantitative estimate of drug-likeness (QED) is 0.501. The molecule has 0 aliphatic carbocycles. The third-order valence-electron chi connectivity index (χ3n) is 3.72. The van der Waals surface area contributed by atoms with Crippen molar-refractivity contribution in [3.8, 4) is 11.3 Å². The lowest BCUT2D eigenvalue weighted by Crippen LogP contribution is -2.21. The number of benzene rings is 2. The minimum Gasteiger partial charge on any atom is -0.374 e. The summed E-state index contributed by atoms with van der Waals surface area (Å²) < 4.78 is 1.51. The smallest absolute Gasteiger partial charge is 0.191 e. The molecule has 0 atom stereocenters. The summed E-state index contributed by atoms with van der Waals surface area (Å²) in [5.41, 5.74) is 10.3. The molecule has 0 amide bonds. The van der Waals surface area contributed by atoms with Crippen LogP contribution in [-0.4, -0.2) is 14.9 Å². The molecule has 2 aromatic carbocycles. The van der Waals surface area contributed by atoms with Gasteiger partial charge in [0.1, 0.15) is 17.1 Å². The minimum atomic E-state index is 0.150. The van der Waals surface area contributed by atoms with E-state index >= 15 is 0 Å². The maximum absolute atomic E-state index is 6.23. The Morgan fingerprint density at radius 3 is 2.36 bits per heavy atom. The van der Waals surface area contributed by atoms with E-state index in [4.69, 9.17) is 29.6 Å². The Morgan fingerprint density at radius 1 is 1.04 bits per heavy atom. The van der Waals surface area contributed by atoms with Crippen LogP contribution in [0.4, 0.5) is 11.4 Å². The van der Waals surface area contributed by atoms with Gasteiger partial charge in [-0.15, -0.1) is 10.2 Å². The van der Waals surface area contributed by atoms with Gasteiger partial charge in [0.25, 0.3) is 0 Å². The van der Waals surface area contributed by atoms with Crippen LogP contribution in [0.5, 0.6) is 0 Å². The van der Waals surface area contributed by atoms with Crippen LogP contribution in [0.1, 0.15) is 11.3 Å². The van der Waals surface area contributed by atoms with E-state index in [-0.39, 0.29) is 5.11 Å². The van der Waals surface area contributed by atoms with Gasteiger partial charge in [-0.2, -0.15) is 5.10 Å². The summed E-state index contributed by atoms with van der Waals surface area (Å²) in [6, 6.07) is 15.3. The van der Waals surface area contributed by atoms with Gasteiger partial charge >= 0.3 is 0 Å². The molecule has 1 heterocycles. The molecule has 0 bridgehead atoms. The molecular formula is C18H16ClN5S. The monoisotopic (exact) mass is 369 g/mol. The molecule has 3 rings (SSSR count). The average molecular weight is 370 g/mol. The SMILES string of the molecule is Cc1cccc(Cl)c1N=Nc1c(C)nn(C(N)=S)c1-c1ccccc1. The normalized spacial score (nSPS) is 11.2. The number of thiocarbonyl (C=S) groups is 1. The highest BCUT2D eigenvalue weighted by atomic mass is 35.5. The fourth-order valence-corrected chi connectivity index (χ4v) is 2.89. The van der Waals surface area contributed by atoms with Crippen molar-refractivity contribution in [2.24, 2.45) is 16.0 Å². The molecule has 3 aromatic rings. The van der Waals surface area contributed by atoms with E-state index in [9.17, 15) is 0 Å². The molecule has 25 heavy (non-hydrogen) atoms. The number of hydrogen-bond donors (Lipinski definition) is 1. The van der Waals surface area contributed by atoms with Crippen LogP contribution in [0.25, 0.3) is 11.3 Å². The highest BCUT2D eigenvalue weighted by Crippen LogP contribution is 2.36. The lowest BCUT2D eigenvalue weighted by atomic mass is 10.1. The highest BCUT2D eigenvalue weighted by molar-refractivity contribution is 7.80. The number of nitrogens with zero attached hydrogens (tertiary/aromatic N) is 4. The van der Waals surface area contributed by atoms with Crippen LogP contribution in [-0.2, 0) is 0 Å². The number of halogens is 1. The Morgan fingerprint density at radius 2 is 1.72 bits per heavy atom. The average Bonchev–Trinajstić information content (AvgIpc) is 2.92. The predicted octanol–water partition coefficient (Wildman–Crippen LogP) is 5.33. The summed E-state index contributed by atoms with van der Waals surface area (Å²) in [5, 5.41) is 13.9. The molecular weight excluding hydrogens is 354 g/mol. The molecule has 0 aliphatic heterocycles. The second kappa shape index (κ2) is 7.13. The van der Waals surface area contributed by atoms with E-state index in [0.29, 0.717) is 27.8 Å². The molecule has 0 aliphatic rings. The first kappa shape index (κ1) is 17.3. The van der Waals surface area contributed by atoms with Gasteiger partial charge in [-0.25, -0.2) is 4.68 Å². The standard InChI is InChI=1S/C18H16ClN5S/c1-11-7-6-10-14(19)15(11)21-22-16-12(2)23-24(18(20)25)17(16)13-8-4-3-5-9-13/h3-10H,1-2H3,(H2,20,25). The highest BCUT2D eigenvalue weighted by Gasteiger charge is 2.18. The lowest BCUT2D eigenvalue weighted by Gasteiger charge is -2.06. The van der Waals surface area contributed by atoms with Gasteiger partial charge < -0.3 is 5.73 Å². The zero-order valence-electron chi connectivity index (χ0n) is 13.8. The Kier molecular flexibility index (Phi) is 4.92. The van der Waals surface area contributed by atoms with Gasteiger partial charge in [0.15, 0.2) is 5.11 Å². The molecule has 0 saturated carbocycles. The van der Waals surface area contributed by atoms with Crippen molar-refractivity contribution in [3.63, 3.8) is 0 Å². The Bertz CT molecular complexity index is 943. The van der Waals surface area contributed by atoms with E-state index < -0.39 is 0 Å². The van der Waals surface area contributed by atoms with Crippen molar-refractivity contribution in [1.82, 2.24) is 9.78 Å². The van der Waals surface area contributed by atoms with Crippen LogP contribution in [0.2, 0.25) is 5.02 Å². The first-order valence-electron chi connectivity index (χ1n) is 7.60. The third kappa shape index (κ3) is 3.45. The number of aromatic nitrogens is 2. The Balaban J connectivity index is 2.17. The number of aryl methyl sites for hydroxylation is 2. The first-order chi connectivity index (χ1) is 12.0. The Labute approximate surface area is 156 Å². The lowest BCUT2D eigenvalue weighted by molar-refractivity contribution is 0.923. The molecule has 1 aromatic heterocycles. The van der Waals surface area contributed by atoms with E-state index in [1.165, 1.54) is 4.68 Å². The molecule has 0 spiro atoms. The summed E-state index contributed by atoms with van der Waals surface area (Å²) in [5.74, 6) is 0. The number of nitrogens with two attached hydrogens (primary N) is 1. The fourth-order valence-electron chi connectivity index (χ4n) is 2.50. The molecule has 5 nitrogen and oxygen atoms in total. The largest absolute Gasteiger partial charge is 0.374 e. The second-order valence-corrected chi connectivity index (χ2v) is 6.33. The van der Waals surface area contributed by atoms with E-state index in [2.05, 4.69) is 15.3 Å². The van der Waals surface area contributed by atoms with E-state index in [0.717, 1.165) is 11.1 Å². The first-order valence-corrected chi connectivity index (χ1v) is 8.39. The topological polar surface area (TPSA) is 68.6 Å². The minimum absolute atomic E-state index is 0.150. The van der Waals surface area contributed by atoms with Gasteiger partial charge in [-0.3, -0.25) is 0 Å². The molecule has 0 unspecified atom stereocenters. The molecule has 0 radical (unpaired) electrons. The summed E-state index contributed by atoms with van der Waals surface area (Å²) in [4.78, 5) is 0. The molecule has 126 valence electrons. The van der Waals surface area contributed by atoms with Crippen molar-refractivity contribution in [2.45, 2.75) is 13.8 Å². The molecule has 2 N–H and O–H groups in total. The number of hydrogen-bond acceptors (Lipinski definition) is 4. The van der Waals surface area contributed by atoms with Gasteiger partial charge in [-0.1, -0.05) is 54.1 Å². The second-order valence-electron chi connectivity index (χ2n) is 5.50. The maximum Gasteiger partial charge on any atom is 0.191 e. The maximum atomic E-state index is 6.23. The molecule has 7 heteroatoms. The fraction of sp³-hybridized carbons (Fsp3) is 0.111. The predicted molar refractivity (Wildman–Crippen MR) is 105 cm³/mol.